The van der Waals surface area contributed by atoms with Crippen LogP contribution in [-0.2, 0) is 0 Å². The lowest BCUT2D eigenvalue weighted by atomic mass is 10.1. The molecule has 0 aliphatic carbocycles. The highest BCUT2D eigenvalue weighted by Crippen LogP contribution is 2.29. The van der Waals surface area contributed by atoms with Crippen molar-refractivity contribution < 1.29 is 9.59 Å². The van der Waals surface area contributed by atoms with Crippen LogP contribution in [0, 0.1) is 13.8 Å². The molecule has 2 aromatic carbocycles. The Labute approximate surface area is 185 Å². The molecule has 31 heavy (non-hydrogen) atoms. The second-order valence-electron chi connectivity index (χ2n) is 8.10. The molecule has 0 unspecified atom stereocenters. The third kappa shape index (κ3) is 5.37. The maximum Gasteiger partial charge on any atom is 0.323 e. The summed E-state index contributed by atoms with van der Waals surface area (Å²) in [7, 11) is 0. The van der Waals surface area contributed by atoms with E-state index in [-0.39, 0.29) is 11.9 Å². The molecule has 1 aliphatic rings. The minimum absolute atomic E-state index is 0.00406. The van der Waals surface area contributed by atoms with Crippen LogP contribution < -0.4 is 15.5 Å². The molecule has 0 saturated carbocycles. The third-order valence-corrected chi connectivity index (χ3v) is 5.95. The number of hydrogen-bond acceptors (Lipinski definition) is 3. The predicted octanol–water partition coefficient (Wildman–Crippen LogP) is 5.42. The van der Waals surface area contributed by atoms with Gasteiger partial charge in [-0.05, 0) is 76.3 Å². The number of nitrogens with one attached hydrogen (secondary N) is 2. The lowest BCUT2D eigenvalue weighted by Crippen LogP contribution is -2.35. The Bertz CT molecular complexity index is 911. The lowest BCUT2D eigenvalue weighted by molar-refractivity contribution is 0.0773. The summed E-state index contributed by atoms with van der Waals surface area (Å²) in [4.78, 5) is 30.0. The Morgan fingerprint density at radius 1 is 0.935 bits per heavy atom. The van der Waals surface area contributed by atoms with E-state index in [1.165, 1.54) is 6.42 Å². The molecule has 0 bridgehead atoms. The Kier molecular flexibility index (Phi) is 7.55. The maximum atomic E-state index is 13.3. The van der Waals surface area contributed by atoms with Crippen LogP contribution in [0.5, 0.6) is 0 Å². The predicted molar refractivity (Wildman–Crippen MR) is 128 cm³/mol. The minimum Gasteiger partial charge on any atom is -0.371 e. The second kappa shape index (κ2) is 10.3. The van der Waals surface area contributed by atoms with Crippen LogP contribution in [0.25, 0.3) is 0 Å². The van der Waals surface area contributed by atoms with Gasteiger partial charge in [-0.15, -0.1) is 0 Å². The number of nitrogens with zero attached hydrogens (tertiary/aromatic N) is 2. The van der Waals surface area contributed by atoms with Crippen LogP contribution in [0.2, 0.25) is 0 Å². The number of benzene rings is 2. The van der Waals surface area contributed by atoms with Crippen LogP contribution in [0.3, 0.4) is 0 Å². The number of para-hydroxylation sites is 1. The van der Waals surface area contributed by atoms with Crippen LogP contribution in [-0.4, -0.2) is 43.0 Å². The normalized spacial score (nSPS) is 13.6. The van der Waals surface area contributed by atoms with Crippen molar-refractivity contribution in [2.45, 2.75) is 47.0 Å². The average molecular weight is 423 g/mol. The molecule has 0 atom stereocenters. The fourth-order valence-corrected chi connectivity index (χ4v) is 4.16. The van der Waals surface area contributed by atoms with Gasteiger partial charge < -0.3 is 20.4 Å². The second-order valence-corrected chi connectivity index (χ2v) is 8.10. The molecular weight excluding hydrogens is 388 g/mol. The molecule has 2 aromatic rings. The summed E-state index contributed by atoms with van der Waals surface area (Å²) < 4.78 is 0. The molecule has 2 N–H and O–H groups in total. The van der Waals surface area contributed by atoms with Gasteiger partial charge in [0.05, 0.1) is 5.56 Å². The molecular formula is C25H34N4O2. The number of anilines is 3. The summed E-state index contributed by atoms with van der Waals surface area (Å²) in [5.41, 5.74) is 5.04. The first-order chi connectivity index (χ1) is 14.9. The Morgan fingerprint density at radius 3 is 2.19 bits per heavy atom. The summed E-state index contributed by atoms with van der Waals surface area (Å²) in [5.74, 6) is 0.00406. The van der Waals surface area contributed by atoms with E-state index in [1.807, 2.05) is 69.0 Å². The minimum atomic E-state index is -0.315. The van der Waals surface area contributed by atoms with Gasteiger partial charge in [0.25, 0.3) is 5.91 Å². The Hall–Kier alpha value is -3.02. The zero-order valence-corrected chi connectivity index (χ0v) is 19.1. The first kappa shape index (κ1) is 22.7. The number of amides is 3. The number of carbonyl (C=O) groups is 2. The SMILES string of the molecule is CCN(CC)C(=O)c1cc(NC(=O)Nc2c(C)cccc2C)ccc1N1CCCCC1. The van der Waals surface area contributed by atoms with E-state index < -0.39 is 0 Å². The van der Waals surface area contributed by atoms with E-state index in [0.717, 1.165) is 48.4 Å². The number of hydrogen-bond donors (Lipinski definition) is 2. The van der Waals surface area contributed by atoms with Gasteiger partial charge in [0.2, 0.25) is 0 Å². The van der Waals surface area contributed by atoms with Gasteiger partial charge in [-0.25, -0.2) is 4.79 Å². The zero-order valence-electron chi connectivity index (χ0n) is 19.1. The molecule has 1 saturated heterocycles. The van der Waals surface area contributed by atoms with E-state index in [0.29, 0.717) is 24.3 Å². The summed E-state index contributed by atoms with van der Waals surface area (Å²) in [6.07, 6.45) is 3.50. The van der Waals surface area contributed by atoms with Gasteiger partial charge in [-0.1, -0.05) is 18.2 Å². The first-order valence-corrected chi connectivity index (χ1v) is 11.3. The highest BCUT2D eigenvalue weighted by Gasteiger charge is 2.22. The lowest BCUT2D eigenvalue weighted by Gasteiger charge is -2.31. The molecule has 1 heterocycles. The third-order valence-electron chi connectivity index (χ3n) is 5.95. The zero-order chi connectivity index (χ0) is 22.4. The van der Waals surface area contributed by atoms with Crippen molar-refractivity contribution in [3.05, 3.63) is 53.1 Å². The molecule has 3 rings (SSSR count). The molecule has 0 aromatic heterocycles. The highest BCUT2D eigenvalue weighted by molar-refractivity contribution is 6.04. The van der Waals surface area contributed by atoms with Crippen molar-refractivity contribution in [3.8, 4) is 0 Å². The highest BCUT2D eigenvalue weighted by atomic mass is 16.2. The maximum absolute atomic E-state index is 13.3. The van der Waals surface area contributed by atoms with Crippen LogP contribution >= 0.6 is 0 Å². The largest absolute Gasteiger partial charge is 0.371 e. The Morgan fingerprint density at radius 2 is 1.58 bits per heavy atom. The van der Waals surface area contributed by atoms with Gasteiger partial charge >= 0.3 is 6.03 Å². The van der Waals surface area contributed by atoms with Crippen molar-refractivity contribution in [2.75, 3.05) is 41.7 Å². The molecule has 1 fully saturated rings. The number of rotatable bonds is 6. The van der Waals surface area contributed by atoms with E-state index in [4.69, 9.17) is 0 Å². The van der Waals surface area contributed by atoms with E-state index >= 15 is 0 Å². The fourth-order valence-electron chi connectivity index (χ4n) is 4.16. The number of carbonyl (C=O) groups excluding carboxylic acids is 2. The average Bonchev–Trinajstić information content (AvgIpc) is 2.77. The van der Waals surface area contributed by atoms with E-state index in [1.54, 1.807) is 0 Å². The van der Waals surface area contributed by atoms with Gasteiger partial charge in [0.15, 0.2) is 0 Å². The molecule has 1 aliphatic heterocycles. The van der Waals surface area contributed by atoms with Crippen molar-refractivity contribution >= 4 is 29.0 Å². The molecule has 3 amide bonds. The van der Waals surface area contributed by atoms with Gasteiger partial charge in [0.1, 0.15) is 0 Å². The number of urea groups is 1. The van der Waals surface area contributed by atoms with Crippen molar-refractivity contribution in [2.24, 2.45) is 0 Å². The topological polar surface area (TPSA) is 64.7 Å². The van der Waals surface area contributed by atoms with Crippen molar-refractivity contribution in [3.63, 3.8) is 0 Å². The summed E-state index contributed by atoms with van der Waals surface area (Å²) in [6.45, 7) is 11.1. The van der Waals surface area contributed by atoms with Crippen molar-refractivity contribution in [1.82, 2.24) is 4.90 Å². The molecule has 0 spiro atoms. The smallest absolute Gasteiger partial charge is 0.323 e. The van der Waals surface area contributed by atoms with Crippen LogP contribution in [0.4, 0.5) is 21.9 Å². The monoisotopic (exact) mass is 422 g/mol. The summed E-state index contributed by atoms with van der Waals surface area (Å²) >= 11 is 0. The Balaban J connectivity index is 1.86. The molecule has 0 radical (unpaired) electrons. The molecule has 6 heteroatoms. The van der Waals surface area contributed by atoms with Crippen LogP contribution in [0.1, 0.15) is 54.6 Å². The quantitative estimate of drug-likeness (QED) is 0.653. The van der Waals surface area contributed by atoms with Crippen molar-refractivity contribution in [1.29, 1.82) is 0 Å². The molecule has 166 valence electrons. The summed E-state index contributed by atoms with van der Waals surface area (Å²) in [5, 5.41) is 5.85. The number of piperidine rings is 1. The van der Waals surface area contributed by atoms with E-state index in [9.17, 15) is 9.59 Å². The number of aryl methyl sites for hydroxylation is 2. The fraction of sp³-hybridized carbons (Fsp3) is 0.440. The van der Waals surface area contributed by atoms with Gasteiger partial charge in [-0.3, -0.25) is 4.79 Å². The van der Waals surface area contributed by atoms with Gasteiger partial charge in [-0.2, -0.15) is 0 Å². The van der Waals surface area contributed by atoms with Gasteiger partial charge in [0, 0.05) is 43.2 Å². The summed E-state index contributed by atoms with van der Waals surface area (Å²) in [6, 6.07) is 11.3. The first-order valence-electron chi connectivity index (χ1n) is 11.3. The standard InChI is InChI=1S/C25H34N4O2/c1-5-28(6-2)24(30)21-17-20(13-14-22(21)29-15-8-7-9-16-29)26-25(31)27-23-18(3)11-10-12-19(23)4/h10-14,17H,5-9,15-16H2,1-4H3,(H2,26,27,31). The van der Waals surface area contributed by atoms with E-state index in [2.05, 4.69) is 15.5 Å². The molecule has 6 nitrogen and oxygen atoms in total. The van der Waals surface area contributed by atoms with Crippen LogP contribution in [0.15, 0.2) is 36.4 Å².